The second-order valence-corrected chi connectivity index (χ2v) is 7.42. The number of rotatable bonds is 10. The summed E-state index contributed by atoms with van der Waals surface area (Å²) in [7, 11) is 1.29. The van der Waals surface area contributed by atoms with Gasteiger partial charge in [0.15, 0.2) is 10.3 Å². The second kappa shape index (κ2) is 10.8. The maximum absolute atomic E-state index is 12.8. The van der Waals surface area contributed by atoms with Crippen molar-refractivity contribution in [1.29, 1.82) is 0 Å². The van der Waals surface area contributed by atoms with Crippen LogP contribution in [0.4, 0.5) is 11.1 Å². The van der Waals surface area contributed by atoms with E-state index in [0.717, 1.165) is 11.8 Å². The molecule has 1 atom stereocenters. The van der Waals surface area contributed by atoms with Gasteiger partial charge in [-0.3, -0.25) is 19.0 Å². The molecule has 0 aromatic carbocycles. The first kappa shape index (κ1) is 22.6. The van der Waals surface area contributed by atoms with Crippen LogP contribution in [-0.4, -0.2) is 57.1 Å². The Kier molecular flexibility index (Phi) is 8.39. The van der Waals surface area contributed by atoms with E-state index >= 15 is 0 Å². The molecule has 1 unspecified atom stereocenters. The zero-order chi connectivity index (χ0) is 21.4. The number of nitrogens with one attached hydrogen (secondary N) is 1. The van der Waals surface area contributed by atoms with Crippen molar-refractivity contribution in [2.24, 2.45) is 0 Å². The van der Waals surface area contributed by atoms with Crippen molar-refractivity contribution in [2.45, 2.75) is 37.9 Å². The molecule has 158 valence electrons. The number of anilines is 2. The summed E-state index contributed by atoms with van der Waals surface area (Å²) in [6.07, 6.45) is 0.436. The molecule has 0 saturated heterocycles. The number of nitrogens with two attached hydrogens (primary N) is 1. The number of hydrogen-bond acceptors (Lipinski definition) is 11. The molecule has 0 saturated carbocycles. The van der Waals surface area contributed by atoms with Gasteiger partial charge in [0, 0.05) is 5.38 Å². The van der Waals surface area contributed by atoms with Gasteiger partial charge in [0.2, 0.25) is 11.9 Å². The average Bonchev–Trinajstić information content (AvgIpc) is 3.27. The molecular weight excluding hydrogens is 420 g/mol. The number of carbonyl (C=O) groups excluding carboxylic acids is 3. The monoisotopic (exact) mass is 442 g/mol. The van der Waals surface area contributed by atoms with Crippen LogP contribution < -0.4 is 11.1 Å². The zero-order valence-corrected chi connectivity index (χ0v) is 17.8. The molecule has 29 heavy (non-hydrogen) atoms. The van der Waals surface area contributed by atoms with Crippen LogP contribution in [0.2, 0.25) is 0 Å². The first-order chi connectivity index (χ1) is 13.9. The van der Waals surface area contributed by atoms with Gasteiger partial charge in [0.25, 0.3) is 0 Å². The summed E-state index contributed by atoms with van der Waals surface area (Å²) in [5.74, 6) is -1.11. The van der Waals surface area contributed by atoms with Crippen molar-refractivity contribution >= 4 is 52.0 Å². The Morgan fingerprint density at radius 1 is 1.31 bits per heavy atom. The summed E-state index contributed by atoms with van der Waals surface area (Å²) in [6, 6.07) is -0.706. The predicted octanol–water partition coefficient (Wildman–Crippen LogP) is 1.28. The summed E-state index contributed by atoms with van der Waals surface area (Å²) in [6.45, 7) is 3.83. The summed E-state index contributed by atoms with van der Waals surface area (Å²) < 4.78 is 11.0. The van der Waals surface area contributed by atoms with Gasteiger partial charge in [-0.1, -0.05) is 18.7 Å². The van der Waals surface area contributed by atoms with Gasteiger partial charge >= 0.3 is 11.9 Å². The number of esters is 2. The van der Waals surface area contributed by atoms with Gasteiger partial charge in [-0.05, 0) is 13.3 Å². The van der Waals surface area contributed by atoms with E-state index in [1.54, 1.807) is 12.3 Å². The summed E-state index contributed by atoms with van der Waals surface area (Å²) >= 11 is 2.27. The van der Waals surface area contributed by atoms with E-state index in [9.17, 15) is 14.4 Å². The lowest BCUT2D eigenvalue weighted by Crippen LogP contribution is -2.27. The standard InChI is InChI=1S/C16H22N6O5S2/c1-4-10(22-14(17)20-21-16(22)29-8-12(24)26-3)13(25)19-15-18-9(7-28-15)6-11(23)27-5-2/h7,10H,4-6,8H2,1-3H3,(H2,17,20)(H,18,19,25). The molecular formula is C16H22N6O5S2. The quantitative estimate of drug-likeness (QED) is 0.406. The predicted molar refractivity (Wildman–Crippen MR) is 108 cm³/mol. The summed E-state index contributed by atoms with van der Waals surface area (Å²) in [5.41, 5.74) is 6.40. The zero-order valence-electron chi connectivity index (χ0n) is 16.2. The van der Waals surface area contributed by atoms with Crippen LogP contribution in [0.3, 0.4) is 0 Å². The van der Waals surface area contributed by atoms with E-state index in [1.165, 1.54) is 23.0 Å². The van der Waals surface area contributed by atoms with Crippen molar-refractivity contribution in [3.8, 4) is 0 Å². The van der Waals surface area contributed by atoms with E-state index in [1.807, 2.05) is 6.92 Å². The van der Waals surface area contributed by atoms with Crippen LogP contribution in [0, 0.1) is 0 Å². The van der Waals surface area contributed by atoms with Gasteiger partial charge in [0.1, 0.15) is 6.04 Å². The molecule has 11 nitrogen and oxygen atoms in total. The van der Waals surface area contributed by atoms with Crippen molar-refractivity contribution < 1.29 is 23.9 Å². The Balaban J connectivity index is 2.10. The number of nitrogen functional groups attached to an aromatic ring is 1. The number of ether oxygens (including phenoxy) is 2. The number of hydrogen-bond donors (Lipinski definition) is 2. The minimum Gasteiger partial charge on any atom is -0.468 e. The number of thiazole rings is 1. The van der Waals surface area contributed by atoms with Crippen molar-refractivity contribution in [1.82, 2.24) is 19.7 Å². The molecule has 0 bridgehead atoms. The molecule has 0 spiro atoms. The Labute approximate surface area is 175 Å². The molecule has 3 N–H and O–H groups in total. The molecule has 0 aliphatic carbocycles. The number of amides is 1. The molecule has 13 heteroatoms. The largest absolute Gasteiger partial charge is 0.468 e. The van der Waals surface area contributed by atoms with E-state index in [2.05, 4.69) is 25.2 Å². The van der Waals surface area contributed by atoms with Crippen molar-refractivity contribution in [3.63, 3.8) is 0 Å². The van der Waals surface area contributed by atoms with Crippen LogP contribution >= 0.6 is 23.1 Å². The fourth-order valence-corrected chi connectivity index (χ4v) is 3.88. The second-order valence-electron chi connectivity index (χ2n) is 5.61. The maximum Gasteiger partial charge on any atom is 0.316 e. The highest BCUT2D eigenvalue weighted by atomic mass is 32.2. The van der Waals surface area contributed by atoms with Crippen LogP contribution in [0.15, 0.2) is 10.5 Å². The number of thioether (sulfide) groups is 1. The minimum absolute atomic E-state index is 0.0103. The third-order valence-corrected chi connectivity index (χ3v) is 5.37. The summed E-state index contributed by atoms with van der Waals surface area (Å²) in [5, 5.41) is 12.8. The third-order valence-electron chi connectivity index (χ3n) is 3.65. The minimum atomic E-state index is -0.706. The number of carbonyl (C=O) groups is 3. The van der Waals surface area contributed by atoms with Gasteiger partial charge < -0.3 is 20.5 Å². The normalized spacial score (nSPS) is 11.7. The number of nitrogens with zero attached hydrogens (tertiary/aromatic N) is 4. The molecule has 2 aromatic rings. The van der Waals surface area contributed by atoms with Gasteiger partial charge in [-0.2, -0.15) is 0 Å². The highest BCUT2D eigenvalue weighted by Crippen LogP contribution is 2.27. The SMILES string of the molecule is CCOC(=O)Cc1csc(NC(=O)C(CC)n2c(N)nnc2SCC(=O)OC)n1. The molecule has 0 aliphatic heterocycles. The number of aromatic nitrogens is 4. The maximum atomic E-state index is 12.8. The molecule has 0 radical (unpaired) electrons. The van der Waals surface area contributed by atoms with E-state index < -0.39 is 12.0 Å². The fourth-order valence-electron chi connectivity index (χ4n) is 2.34. The van der Waals surface area contributed by atoms with E-state index in [4.69, 9.17) is 10.5 Å². The Morgan fingerprint density at radius 3 is 2.72 bits per heavy atom. The first-order valence-electron chi connectivity index (χ1n) is 8.70. The Morgan fingerprint density at radius 2 is 2.07 bits per heavy atom. The topological polar surface area (TPSA) is 151 Å². The highest BCUT2D eigenvalue weighted by molar-refractivity contribution is 7.99. The van der Waals surface area contributed by atoms with Gasteiger partial charge in [-0.25, -0.2) is 4.98 Å². The van der Waals surface area contributed by atoms with E-state index in [-0.39, 0.29) is 30.0 Å². The molecule has 1 amide bonds. The van der Waals surface area contributed by atoms with Gasteiger partial charge in [0.05, 0.1) is 31.6 Å². The lowest BCUT2D eigenvalue weighted by molar-refractivity contribution is -0.142. The first-order valence-corrected chi connectivity index (χ1v) is 10.6. The molecule has 2 rings (SSSR count). The molecule has 2 aromatic heterocycles. The van der Waals surface area contributed by atoms with E-state index in [0.29, 0.717) is 29.0 Å². The Bertz CT molecular complexity index is 868. The van der Waals surface area contributed by atoms with Crippen LogP contribution in [0.1, 0.15) is 32.0 Å². The summed E-state index contributed by atoms with van der Waals surface area (Å²) in [4.78, 5) is 40.0. The van der Waals surface area contributed by atoms with Crippen molar-refractivity contribution in [2.75, 3.05) is 30.5 Å². The van der Waals surface area contributed by atoms with Crippen LogP contribution in [-0.2, 0) is 30.3 Å². The van der Waals surface area contributed by atoms with Crippen LogP contribution in [0.5, 0.6) is 0 Å². The molecule has 2 heterocycles. The van der Waals surface area contributed by atoms with Gasteiger partial charge in [-0.15, -0.1) is 21.5 Å². The third kappa shape index (κ3) is 6.15. The molecule has 0 aliphatic rings. The highest BCUT2D eigenvalue weighted by Gasteiger charge is 2.26. The van der Waals surface area contributed by atoms with Crippen LogP contribution in [0.25, 0.3) is 0 Å². The number of methoxy groups -OCH3 is 1. The fraction of sp³-hybridized carbons (Fsp3) is 0.500. The average molecular weight is 443 g/mol. The smallest absolute Gasteiger partial charge is 0.316 e. The molecule has 0 fully saturated rings. The lowest BCUT2D eigenvalue weighted by atomic mass is 10.2. The van der Waals surface area contributed by atoms with Crippen molar-refractivity contribution in [3.05, 3.63) is 11.1 Å². The lowest BCUT2D eigenvalue weighted by Gasteiger charge is -2.18. The Hall–Kier alpha value is -2.67.